The molecule has 0 aliphatic carbocycles. The summed E-state index contributed by atoms with van der Waals surface area (Å²) in [5.74, 6) is -1.69. The van der Waals surface area contributed by atoms with Gasteiger partial charge in [-0.2, -0.15) is 0 Å². The van der Waals surface area contributed by atoms with Gasteiger partial charge in [-0.1, -0.05) is 35.6 Å². The van der Waals surface area contributed by atoms with Crippen molar-refractivity contribution in [2.24, 2.45) is 12.2 Å². The number of β-lactam (4-membered cyclic amide) rings is 1. The number of nitrogens with zero attached hydrogens (tertiary/aromatic N) is 7. The normalized spacial score (nSPS) is 19.4. The van der Waals surface area contributed by atoms with E-state index in [1.807, 2.05) is 0 Å². The van der Waals surface area contributed by atoms with Crippen LogP contribution in [0.3, 0.4) is 0 Å². The molecule has 2 amide bonds. The lowest BCUT2D eigenvalue weighted by Gasteiger charge is -2.49. The maximum absolute atomic E-state index is 13.1. The summed E-state index contributed by atoms with van der Waals surface area (Å²) in [7, 11) is 1.67. The minimum absolute atomic E-state index is 0.0473. The first-order valence-electron chi connectivity index (χ1n) is 10.4. The van der Waals surface area contributed by atoms with Gasteiger partial charge in [0.2, 0.25) is 5.16 Å². The summed E-state index contributed by atoms with van der Waals surface area (Å²) in [6.45, 7) is 3.57. The molecule has 4 N–H and O–H groups in total. The molecular formula is C20H21N9O5S2. The van der Waals surface area contributed by atoms with Crippen LogP contribution in [-0.4, -0.2) is 88.2 Å². The van der Waals surface area contributed by atoms with Gasteiger partial charge in [-0.15, -0.1) is 16.9 Å². The summed E-state index contributed by atoms with van der Waals surface area (Å²) in [5, 5.41) is 27.4. The Hall–Kier alpha value is -3.92. The number of rotatable bonds is 10. The van der Waals surface area contributed by atoms with Crippen LogP contribution in [0.2, 0.25) is 0 Å². The van der Waals surface area contributed by atoms with Crippen molar-refractivity contribution >= 4 is 52.8 Å². The van der Waals surface area contributed by atoms with E-state index >= 15 is 0 Å². The second kappa shape index (κ2) is 10.8. The Labute approximate surface area is 213 Å². The second-order valence-electron chi connectivity index (χ2n) is 7.46. The number of fused-ring (bicyclic) bond motifs is 1. The lowest BCUT2D eigenvalue weighted by atomic mass is 10.0. The van der Waals surface area contributed by atoms with Crippen molar-refractivity contribution < 1.29 is 24.3 Å². The van der Waals surface area contributed by atoms with Crippen LogP contribution >= 0.6 is 23.5 Å². The molecule has 0 aromatic carbocycles. The molecule has 16 heteroatoms. The number of hydrogen-bond acceptors (Lipinski definition) is 12. The summed E-state index contributed by atoms with van der Waals surface area (Å²) < 4.78 is 1.47. The Bertz CT molecular complexity index is 1280. The van der Waals surface area contributed by atoms with Crippen LogP contribution in [0.25, 0.3) is 0 Å². The fourth-order valence-electron chi connectivity index (χ4n) is 3.44. The predicted octanol–water partition coefficient (Wildman–Crippen LogP) is -0.375. The molecule has 2 atom stereocenters. The van der Waals surface area contributed by atoms with Gasteiger partial charge >= 0.3 is 5.97 Å². The van der Waals surface area contributed by atoms with E-state index in [2.05, 4.69) is 37.6 Å². The van der Waals surface area contributed by atoms with Crippen LogP contribution in [0.4, 0.5) is 5.82 Å². The number of carboxylic acids is 1. The highest BCUT2D eigenvalue weighted by Crippen LogP contribution is 2.41. The fourth-order valence-corrected chi connectivity index (χ4v) is 5.78. The average Bonchev–Trinajstić information content (AvgIpc) is 3.27. The molecule has 2 aliphatic rings. The number of carbonyl (C=O) groups is 3. The van der Waals surface area contributed by atoms with Crippen LogP contribution in [-0.2, 0) is 26.3 Å². The number of tetrazole rings is 1. The maximum atomic E-state index is 13.1. The number of amides is 2. The van der Waals surface area contributed by atoms with Gasteiger partial charge in [0.05, 0.1) is 0 Å². The van der Waals surface area contributed by atoms with E-state index in [4.69, 9.17) is 10.6 Å². The Morgan fingerprint density at radius 1 is 1.47 bits per heavy atom. The summed E-state index contributed by atoms with van der Waals surface area (Å²) >= 11 is 2.61. The monoisotopic (exact) mass is 531 g/mol. The van der Waals surface area contributed by atoms with Gasteiger partial charge in [0.1, 0.15) is 35.2 Å². The molecule has 0 bridgehead atoms. The molecule has 0 spiro atoms. The second-order valence-corrected chi connectivity index (χ2v) is 9.51. The van der Waals surface area contributed by atoms with Gasteiger partial charge in [-0.05, 0) is 28.1 Å². The number of carboxylic acid groups (broad SMARTS) is 1. The van der Waals surface area contributed by atoms with E-state index < -0.39 is 29.2 Å². The molecule has 1 saturated heterocycles. The summed E-state index contributed by atoms with van der Waals surface area (Å²) in [6, 6.07) is 3.71. The number of pyridine rings is 1. The van der Waals surface area contributed by atoms with Gasteiger partial charge in [0.15, 0.2) is 5.71 Å². The first-order chi connectivity index (χ1) is 17.3. The highest BCUT2D eigenvalue weighted by molar-refractivity contribution is 8.01. The number of aliphatic carboxylic acids is 1. The lowest BCUT2D eigenvalue weighted by molar-refractivity contribution is -0.150. The molecule has 2 aliphatic heterocycles. The Kier molecular flexibility index (Phi) is 7.54. The highest BCUT2D eigenvalue weighted by atomic mass is 32.2. The molecule has 4 rings (SSSR count). The van der Waals surface area contributed by atoms with Gasteiger partial charge in [0.25, 0.3) is 11.8 Å². The SMILES string of the molecule is C=CCO/N=C(/C(=O)NC1C(=O)N2C(C(=O)O)=C(CSc3nnnn3C)CSC12)c1cccc(N)n1. The number of thioether (sulfide) groups is 2. The zero-order valence-electron chi connectivity index (χ0n) is 18.9. The number of hydrogen-bond donors (Lipinski definition) is 3. The molecule has 2 unspecified atom stereocenters. The number of nitrogens with two attached hydrogens (primary N) is 1. The molecule has 4 heterocycles. The third kappa shape index (κ3) is 5.03. The number of aromatic nitrogens is 5. The molecular weight excluding hydrogens is 510 g/mol. The van der Waals surface area contributed by atoms with Crippen molar-refractivity contribution in [3.63, 3.8) is 0 Å². The first kappa shape index (κ1) is 25.2. The molecule has 0 saturated carbocycles. The fraction of sp³-hybridized carbons (Fsp3) is 0.300. The van der Waals surface area contributed by atoms with E-state index in [-0.39, 0.29) is 35.3 Å². The predicted molar refractivity (Wildman–Crippen MR) is 131 cm³/mol. The largest absolute Gasteiger partial charge is 0.477 e. The smallest absolute Gasteiger partial charge is 0.352 e. The molecule has 14 nitrogen and oxygen atoms in total. The van der Waals surface area contributed by atoms with Crippen molar-refractivity contribution in [1.29, 1.82) is 0 Å². The Morgan fingerprint density at radius 3 is 2.94 bits per heavy atom. The topological polar surface area (TPSA) is 191 Å². The van der Waals surface area contributed by atoms with Gasteiger partial charge in [-0.25, -0.2) is 14.5 Å². The third-order valence-corrected chi connectivity index (χ3v) is 7.51. The molecule has 2 aromatic rings. The Balaban J connectivity index is 1.51. The van der Waals surface area contributed by atoms with E-state index in [9.17, 15) is 19.5 Å². The number of nitrogen functional groups attached to an aromatic ring is 1. The summed E-state index contributed by atoms with van der Waals surface area (Å²) in [5.41, 5.74) is 6.15. The molecule has 188 valence electrons. The van der Waals surface area contributed by atoms with Crippen LogP contribution in [0, 0.1) is 0 Å². The summed E-state index contributed by atoms with van der Waals surface area (Å²) in [6.07, 6.45) is 1.45. The van der Waals surface area contributed by atoms with Crippen LogP contribution in [0.1, 0.15) is 5.69 Å². The van der Waals surface area contributed by atoms with Crippen molar-refractivity contribution in [3.8, 4) is 0 Å². The lowest BCUT2D eigenvalue weighted by Crippen LogP contribution is -2.71. The van der Waals surface area contributed by atoms with E-state index in [1.54, 1.807) is 19.2 Å². The summed E-state index contributed by atoms with van der Waals surface area (Å²) in [4.78, 5) is 48.5. The number of carbonyl (C=O) groups excluding carboxylic acids is 2. The maximum Gasteiger partial charge on any atom is 0.352 e. The Morgan fingerprint density at radius 2 is 2.28 bits per heavy atom. The number of anilines is 1. The number of oxime groups is 1. The van der Waals surface area contributed by atoms with Crippen LogP contribution in [0.15, 0.2) is 52.4 Å². The van der Waals surface area contributed by atoms with Crippen molar-refractivity contribution in [1.82, 2.24) is 35.4 Å². The minimum atomic E-state index is -1.23. The zero-order valence-corrected chi connectivity index (χ0v) is 20.5. The van der Waals surface area contributed by atoms with E-state index in [0.29, 0.717) is 16.5 Å². The van der Waals surface area contributed by atoms with Crippen molar-refractivity contribution in [2.75, 3.05) is 23.8 Å². The standard InChI is InChI=1S/C20H21N9O5S2/c1-3-7-34-25-13(11-5-4-6-12(21)22-11)16(30)23-14-17(31)29-15(19(32)33)10(8-35-18(14)29)9-36-20-24-26-27-28(20)2/h3-6,14,18H,1,7-9H2,2H3,(H2,21,22)(H,23,30)(H,32,33)/b25-13+. The number of aryl methyl sites for hydroxylation is 1. The molecule has 0 radical (unpaired) electrons. The third-order valence-electron chi connectivity index (χ3n) is 5.07. The van der Waals surface area contributed by atoms with E-state index in [0.717, 1.165) is 0 Å². The zero-order chi connectivity index (χ0) is 25.8. The van der Waals surface area contributed by atoms with Gasteiger partial charge in [-0.3, -0.25) is 14.5 Å². The van der Waals surface area contributed by atoms with Crippen LogP contribution < -0.4 is 11.1 Å². The molecule has 36 heavy (non-hydrogen) atoms. The average molecular weight is 532 g/mol. The van der Waals surface area contributed by atoms with E-state index in [1.165, 1.54) is 45.2 Å². The van der Waals surface area contributed by atoms with Crippen molar-refractivity contribution in [3.05, 3.63) is 47.8 Å². The quantitative estimate of drug-likeness (QED) is 0.0901. The van der Waals surface area contributed by atoms with Crippen LogP contribution in [0.5, 0.6) is 0 Å². The minimum Gasteiger partial charge on any atom is -0.477 e. The molecule has 1 fully saturated rings. The van der Waals surface area contributed by atoms with Gasteiger partial charge in [0, 0.05) is 18.6 Å². The number of nitrogens with one attached hydrogen (secondary N) is 1. The van der Waals surface area contributed by atoms with Gasteiger partial charge < -0.3 is 21.0 Å². The first-order valence-corrected chi connectivity index (χ1v) is 12.4. The highest BCUT2D eigenvalue weighted by Gasteiger charge is 2.54. The molecule has 2 aromatic heterocycles. The van der Waals surface area contributed by atoms with Crippen molar-refractivity contribution in [2.45, 2.75) is 16.6 Å².